The van der Waals surface area contributed by atoms with Gasteiger partial charge in [-0.25, -0.2) is 0 Å². The van der Waals surface area contributed by atoms with Gasteiger partial charge in [-0.1, -0.05) is 0 Å². The van der Waals surface area contributed by atoms with Crippen LogP contribution in [0, 0.1) is 0 Å². The van der Waals surface area contributed by atoms with Gasteiger partial charge in [-0.3, -0.25) is 26.7 Å². The molecule has 0 saturated heterocycles. The lowest BCUT2D eigenvalue weighted by Gasteiger charge is -2.28. The second-order valence-electron chi connectivity index (χ2n) is 3.38. The molecule has 0 bridgehead atoms. The molecule has 7 nitrogen and oxygen atoms in total. The van der Waals surface area contributed by atoms with Gasteiger partial charge in [0.2, 0.25) is 5.78 Å². The molecule has 0 aromatic heterocycles. The summed E-state index contributed by atoms with van der Waals surface area (Å²) in [5.41, 5.74) is 0. The van der Waals surface area contributed by atoms with Gasteiger partial charge in [-0.05, 0) is 0 Å². The maximum atomic E-state index is 11.5. The van der Waals surface area contributed by atoms with Gasteiger partial charge in [0.1, 0.15) is 18.3 Å². The van der Waals surface area contributed by atoms with Crippen LogP contribution in [0.5, 0.6) is 0 Å². The van der Waals surface area contributed by atoms with Crippen LogP contribution in [0.3, 0.4) is 0 Å². The predicted molar refractivity (Wildman–Crippen MR) is 65.7 cm³/mol. The van der Waals surface area contributed by atoms with Crippen LogP contribution in [-0.2, 0) is 26.7 Å². The Bertz CT molecular complexity index is 303. The zero-order valence-electron chi connectivity index (χ0n) is 9.43. The second-order valence-corrected chi connectivity index (χ2v) is 4.13. The number of carbonyl (C=O) groups excluding carboxylic acids is 2. The lowest BCUT2D eigenvalue weighted by molar-refractivity contribution is -0.146. The minimum absolute atomic E-state index is 0.418. The van der Waals surface area contributed by atoms with Crippen molar-refractivity contribution in [1.29, 1.82) is 0 Å². The fourth-order valence-electron chi connectivity index (χ4n) is 1.20. The SMILES string of the molecule is CC(=O)C(=O)[C@H](OCl)[C@@H](OCl)[C@H](OCl)[C@H](O)COCl. The topological polar surface area (TPSA) is 91.3 Å². The molecular weight excluding hydrogens is 350 g/mol. The van der Waals surface area contributed by atoms with Crippen LogP contribution in [0.1, 0.15) is 6.92 Å². The number of rotatable bonds is 10. The maximum Gasteiger partial charge on any atom is 0.231 e. The van der Waals surface area contributed by atoms with E-state index in [4.69, 9.17) is 47.5 Å². The van der Waals surface area contributed by atoms with Crippen molar-refractivity contribution in [2.75, 3.05) is 6.61 Å². The highest BCUT2D eigenvalue weighted by molar-refractivity contribution is 6.38. The van der Waals surface area contributed by atoms with Crippen molar-refractivity contribution in [3.8, 4) is 0 Å². The number of halogens is 4. The first-order chi connectivity index (χ1) is 8.94. The summed E-state index contributed by atoms with van der Waals surface area (Å²) in [6, 6.07) is 0. The van der Waals surface area contributed by atoms with E-state index in [2.05, 4.69) is 17.2 Å². The number of aliphatic hydroxyl groups is 1. The van der Waals surface area contributed by atoms with Crippen molar-refractivity contribution in [3.05, 3.63) is 0 Å². The second kappa shape index (κ2) is 10.1. The Morgan fingerprint density at radius 2 is 1.58 bits per heavy atom. The molecule has 0 aliphatic carbocycles. The highest BCUT2D eigenvalue weighted by Crippen LogP contribution is 2.21. The van der Waals surface area contributed by atoms with Crippen LogP contribution in [-0.4, -0.2) is 47.7 Å². The molecule has 4 atom stereocenters. The predicted octanol–water partition coefficient (Wildman–Crippen LogP) is 1.29. The molecule has 0 rings (SSSR count). The van der Waals surface area contributed by atoms with Crippen LogP contribution in [0.25, 0.3) is 0 Å². The summed E-state index contributed by atoms with van der Waals surface area (Å²) in [6.45, 7) is 0.574. The third-order valence-electron chi connectivity index (χ3n) is 2.14. The molecule has 112 valence electrons. The molecule has 0 spiro atoms. The third kappa shape index (κ3) is 5.66. The van der Waals surface area contributed by atoms with E-state index < -0.39 is 42.6 Å². The molecule has 0 aliphatic rings. The molecule has 0 aromatic carbocycles. The number of carbonyl (C=O) groups is 2. The minimum atomic E-state index is -1.63. The molecule has 0 aliphatic heterocycles. The number of hydrogen-bond donors (Lipinski definition) is 1. The normalized spacial score (nSPS) is 17.6. The van der Waals surface area contributed by atoms with Gasteiger partial charge in [0, 0.05) is 6.92 Å². The summed E-state index contributed by atoms with van der Waals surface area (Å²) in [6.07, 6.45) is -5.93. The van der Waals surface area contributed by atoms with Crippen LogP contribution in [0.4, 0.5) is 0 Å². The highest BCUT2D eigenvalue weighted by Gasteiger charge is 2.42. The molecule has 11 heteroatoms. The summed E-state index contributed by atoms with van der Waals surface area (Å²) in [5.74, 6) is -1.90. The van der Waals surface area contributed by atoms with Gasteiger partial charge in [-0.2, -0.15) is 0 Å². The summed E-state index contributed by atoms with van der Waals surface area (Å²) in [4.78, 5) is 22.5. The Morgan fingerprint density at radius 1 is 1.05 bits per heavy atom. The van der Waals surface area contributed by atoms with E-state index in [0.29, 0.717) is 0 Å². The standard InChI is InChI=1S/C8H10Cl4O7/c1-3(13)5(15)7(18-11)8(19-12)6(17-10)4(14)2-16-9/h4,6-8,14H,2H2,1H3/t4-,6-,7+,8+/m1/s1. The van der Waals surface area contributed by atoms with Crippen molar-refractivity contribution in [2.45, 2.75) is 31.3 Å². The zero-order chi connectivity index (χ0) is 15.0. The van der Waals surface area contributed by atoms with E-state index in [1.807, 2.05) is 0 Å². The van der Waals surface area contributed by atoms with E-state index in [1.54, 1.807) is 0 Å². The molecule has 0 heterocycles. The van der Waals surface area contributed by atoms with Crippen molar-refractivity contribution in [2.24, 2.45) is 0 Å². The van der Waals surface area contributed by atoms with Crippen LogP contribution in [0.15, 0.2) is 0 Å². The maximum absolute atomic E-state index is 11.5. The monoisotopic (exact) mass is 358 g/mol. The quantitative estimate of drug-likeness (QED) is 0.587. The van der Waals surface area contributed by atoms with Crippen molar-refractivity contribution >= 4 is 59.0 Å². The van der Waals surface area contributed by atoms with Gasteiger partial charge >= 0.3 is 0 Å². The van der Waals surface area contributed by atoms with Gasteiger partial charge in [0.15, 0.2) is 11.9 Å². The van der Waals surface area contributed by atoms with Crippen molar-refractivity contribution < 1.29 is 31.9 Å². The molecular formula is C8H10Cl4O7. The summed E-state index contributed by atoms with van der Waals surface area (Å²) in [5, 5.41) is 9.62. The molecule has 0 unspecified atom stereocenters. The fraction of sp³-hybridized carbons (Fsp3) is 0.750. The van der Waals surface area contributed by atoms with E-state index in [1.165, 1.54) is 0 Å². The first kappa shape index (κ1) is 19.3. The average Bonchev–Trinajstić information content (AvgIpc) is 2.38. The lowest BCUT2D eigenvalue weighted by Crippen LogP contribution is -2.51. The van der Waals surface area contributed by atoms with Crippen LogP contribution < -0.4 is 0 Å². The molecule has 0 saturated carbocycles. The van der Waals surface area contributed by atoms with Crippen molar-refractivity contribution in [3.63, 3.8) is 0 Å². The van der Waals surface area contributed by atoms with E-state index >= 15 is 0 Å². The number of aliphatic hydroxyl groups excluding tert-OH is 1. The molecule has 0 aromatic rings. The summed E-state index contributed by atoms with van der Waals surface area (Å²) in [7, 11) is 0. The Balaban J connectivity index is 5.11. The van der Waals surface area contributed by atoms with Crippen LogP contribution in [0.2, 0.25) is 0 Å². The van der Waals surface area contributed by atoms with Gasteiger partial charge in [0.25, 0.3) is 0 Å². The van der Waals surface area contributed by atoms with Gasteiger partial charge < -0.3 is 5.11 Å². The largest absolute Gasteiger partial charge is 0.388 e. The molecule has 0 fully saturated rings. The van der Waals surface area contributed by atoms with Crippen LogP contribution >= 0.6 is 47.5 Å². The van der Waals surface area contributed by atoms with E-state index in [-0.39, 0.29) is 0 Å². The Kier molecular flexibility index (Phi) is 10.2. The number of hydrogen-bond acceptors (Lipinski definition) is 7. The average molecular weight is 360 g/mol. The first-order valence-electron chi connectivity index (χ1n) is 4.73. The zero-order valence-corrected chi connectivity index (χ0v) is 12.4. The number of Topliss-reactive ketones (excluding diaryl/α,β-unsaturated/α-hetero) is 2. The molecule has 0 radical (unpaired) electrons. The van der Waals surface area contributed by atoms with Gasteiger partial charge in [-0.15, -0.1) is 0 Å². The molecule has 0 amide bonds. The highest BCUT2D eigenvalue weighted by atomic mass is 35.5. The first-order valence-corrected chi connectivity index (χ1v) is 5.96. The summed E-state index contributed by atoms with van der Waals surface area (Å²) >= 11 is 20.4. The van der Waals surface area contributed by atoms with Crippen molar-refractivity contribution in [1.82, 2.24) is 0 Å². The Labute approximate surface area is 129 Å². The Hall–Kier alpha value is 0.300. The smallest absolute Gasteiger partial charge is 0.231 e. The summed E-state index contributed by atoms with van der Waals surface area (Å²) < 4.78 is 17.3. The van der Waals surface area contributed by atoms with E-state index in [0.717, 1.165) is 6.92 Å². The lowest BCUT2D eigenvalue weighted by atomic mass is 9.99. The minimum Gasteiger partial charge on any atom is -0.388 e. The fourth-order valence-corrected chi connectivity index (χ4v) is 1.93. The molecule has 19 heavy (non-hydrogen) atoms. The molecule has 1 N–H and O–H groups in total. The third-order valence-corrected chi connectivity index (χ3v) is 2.87. The van der Waals surface area contributed by atoms with Gasteiger partial charge in [0.05, 0.1) is 54.1 Å². The Morgan fingerprint density at radius 3 is 1.89 bits per heavy atom. The van der Waals surface area contributed by atoms with E-state index in [9.17, 15) is 14.7 Å². The number of ketones is 2.